The minimum Gasteiger partial charge on any atom is -0.0651 e. The van der Waals surface area contributed by atoms with Gasteiger partial charge in [-0.25, -0.2) is 0 Å². The second-order valence-corrected chi connectivity index (χ2v) is 46.3. The molecule has 11 atom stereocenters. The normalized spacial score (nSPS) is 37.7. The van der Waals surface area contributed by atoms with Crippen LogP contribution < -0.4 is 0 Å². The molecule has 14 aliphatic carbocycles. The Morgan fingerprint density at radius 1 is 0.347 bits per heavy atom. The zero-order valence-electron chi connectivity index (χ0n) is 72.3. The lowest BCUT2D eigenvalue weighted by molar-refractivity contribution is 0.0660. The third-order valence-corrected chi connectivity index (χ3v) is 34.2. The molecular weight excluding hydrogens is 1140 g/mol. The van der Waals surface area contributed by atoms with Gasteiger partial charge in [0.15, 0.2) is 0 Å². The maximum absolute atomic E-state index is 2.46. The van der Waals surface area contributed by atoms with Gasteiger partial charge in [-0.05, 0) is 319 Å². The zero-order chi connectivity index (χ0) is 72.3. The maximum atomic E-state index is 2.46. The van der Waals surface area contributed by atoms with Gasteiger partial charge in [0.25, 0.3) is 0 Å². The van der Waals surface area contributed by atoms with Crippen LogP contribution in [0.4, 0.5) is 0 Å². The lowest BCUT2D eigenvalue weighted by Gasteiger charge is -2.44. The monoisotopic (exact) mass is 1320 g/mol. The predicted molar refractivity (Wildman–Crippen MR) is 428 cm³/mol. The molecule has 0 heteroatoms. The Bertz CT molecular complexity index is 2130. The van der Waals surface area contributed by atoms with Crippen molar-refractivity contribution in [2.45, 2.75) is 434 Å². The molecule has 0 radical (unpaired) electrons. The van der Waals surface area contributed by atoms with E-state index in [4.69, 9.17) is 0 Å². The fraction of sp³-hybridized carbons (Fsp3) is 1.00. The third-order valence-electron chi connectivity index (χ3n) is 34.2. The van der Waals surface area contributed by atoms with E-state index in [0.717, 1.165) is 107 Å². The van der Waals surface area contributed by atoms with Crippen LogP contribution in [0, 0.1) is 172 Å². The molecule has 0 N–H and O–H groups in total. The Labute approximate surface area is 602 Å². The SMILES string of the molecule is CC(C)C1C(C)(C)CCC1(C)C.CC1C2CCC(C2)[C@H]1C.CCC1(C)CC(C)(C)C(C)(C)C1.CCC1C(C)(C)CCC1(C)C.CCC1CC(C)(C)C(C)(C)C1.CCC1CC(C)(C)CC(C)(C)C1.CCC1CC2CCC1C2.C[C@@H]1C2CCC(C2)C1(C)C.C[C@H]1CC2CCC1CC2. The van der Waals surface area contributed by atoms with Crippen molar-refractivity contribution in [2.24, 2.45) is 172 Å². The molecular formula is C95H182. The number of hydrogen-bond acceptors (Lipinski definition) is 0. The first-order valence-electron chi connectivity index (χ1n) is 43.3. The molecule has 14 aliphatic rings. The first-order valence-corrected chi connectivity index (χ1v) is 43.3. The molecule has 0 aliphatic heterocycles. The summed E-state index contributed by atoms with van der Waals surface area (Å²) in [4.78, 5) is 0. The van der Waals surface area contributed by atoms with Crippen molar-refractivity contribution >= 4 is 0 Å². The van der Waals surface area contributed by atoms with Gasteiger partial charge in [-0.1, -0.05) is 287 Å². The summed E-state index contributed by atoms with van der Waals surface area (Å²) >= 11 is 0. The van der Waals surface area contributed by atoms with Crippen LogP contribution >= 0.6 is 0 Å². The molecule has 95 heavy (non-hydrogen) atoms. The summed E-state index contributed by atoms with van der Waals surface area (Å²) in [6.07, 6.45) is 45.6. The molecule has 0 aromatic rings. The molecule has 0 heterocycles. The molecule has 0 saturated heterocycles. The summed E-state index contributed by atoms with van der Waals surface area (Å²) in [6.45, 7) is 82.1. The van der Waals surface area contributed by atoms with E-state index >= 15 is 0 Å². The number of fused-ring (bicyclic) bond motifs is 9. The van der Waals surface area contributed by atoms with Crippen molar-refractivity contribution in [1.29, 1.82) is 0 Å². The minimum absolute atomic E-state index is 0.526. The van der Waals surface area contributed by atoms with Crippen LogP contribution in [0.2, 0.25) is 0 Å². The molecule has 562 valence electrons. The van der Waals surface area contributed by atoms with Gasteiger partial charge in [-0.2, -0.15) is 0 Å². The molecule has 14 fully saturated rings. The van der Waals surface area contributed by atoms with Crippen LogP contribution in [0.5, 0.6) is 0 Å². The smallest absolute Gasteiger partial charge is 0.0288 e. The molecule has 14 saturated carbocycles. The van der Waals surface area contributed by atoms with Crippen LogP contribution in [0.25, 0.3) is 0 Å². The Morgan fingerprint density at radius 3 is 0.989 bits per heavy atom. The van der Waals surface area contributed by atoms with E-state index in [1.165, 1.54) is 135 Å². The van der Waals surface area contributed by atoms with E-state index in [-0.39, 0.29) is 0 Å². The Morgan fingerprint density at radius 2 is 0.758 bits per heavy atom. The zero-order valence-corrected chi connectivity index (χ0v) is 72.3. The topological polar surface area (TPSA) is 0 Å². The summed E-state index contributed by atoms with van der Waals surface area (Å²) in [6, 6.07) is 0. The lowest BCUT2D eigenvalue weighted by atomic mass is 9.61. The number of hydrogen-bond donors (Lipinski definition) is 0. The number of rotatable bonds is 6. The van der Waals surface area contributed by atoms with Gasteiger partial charge >= 0.3 is 0 Å². The molecule has 0 amide bonds. The van der Waals surface area contributed by atoms with Crippen molar-refractivity contribution in [1.82, 2.24) is 0 Å². The van der Waals surface area contributed by atoms with E-state index in [2.05, 4.69) is 235 Å². The second kappa shape index (κ2) is 33.0. The fourth-order valence-corrected chi connectivity index (χ4v) is 27.2. The highest BCUT2D eigenvalue weighted by molar-refractivity contribution is 5.03. The average Bonchev–Trinajstić information content (AvgIpc) is 1.65. The Kier molecular flexibility index (Phi) is 29.7. The standard InChI is InChI=1S/3C12H24.2C11H22.C10H18.3C9H16/c1-9(2)10-11(3,4)7-8-12(10,5)6;1-7-12(6)8-10(2,3)11(4,5)9-12;1-6-10-7-11(2,3)9-12(4,5)8-10;1-6-9-7-10(2,3)11(4,5)8-9;1-6-9-10(2,3)7-8-11(9,4)5;1-7-8-4-5-9(6-8)10(7,2)3;1-6-7(2)9-4-3-8(6)5-9;1-7-6-8-2-4-9(7)5-3-8;1-2-8-5-7-3-4-9(8)6-7/h9-10H,7-8H2,1-6H3;7-9H2,1-6H3;10H,6-9H2,1-5H3;2*9H,6-8H2,1-5H3;7-9H,4-6H2,1-3H3;6-9H,3-5H2,1-2H3;2*7-9H,2-6H2,1H3/t;;;;;7-,8?,9?;6-,7?,8?,9?;7-,8?,9?;/m.....100./s1. The first-order chi connectivity index (χ1) is 43.3. The third kappa shape index (κ3) is 22.0. The lowest BCUT2D eigenvalue weighted by Crippen LogP contribution is -2.33. The molecule has 8 bridgehead atoms. The molecule has 0 nitrogen and oxygen atoms in total. The van der Waals surface area contributed by atoms with Crippen LogP contribution in [0.3, 0.4) is 0 Å². The van der Waals surface area contributed by atoms with Crippen LogP contribution in [-0.4, -0.2) is 0 Å². The summed E-state index contributed by atoms with van der Waals surface area (Å²) in [7, 11) is 0. The Hall–Kier alpha value is 0. The van der Waals surface area contributed by atoms with E-state index in [1.54, 1.807) is 64.2 Å². The van der Waals surface area contributed by atoms with Crippen LogP contribution in [0.1, 0.15) is 434 Å². The van der Waals surface area contributed by atoms with E-state index in [0.29, 0.717) is 65.0 Å². The highest BCUT2D eigenvalue weighted by Gasteiger charge is 2.53. The van der Waals surface area contributed by atoms with Crippen LogP contribution in [-0.2, 0) is 0 Å². The average molecular weight is 1320 g/mol. The van der Waals surface area contributed by atoms with Gasteiger partial charge < -0.3 is 0 Å². The largest absolute Gasteiger partial charge is 0.0651 e. The van der Waals surface area contributed by atoms with Crippen LogP contribution in [0.15, 0.2) is 0 Å². The summed E-state index contributed by atoms with van der Waals surface area (Å²) in [5.74, 6) is 18.8. The molecule has 8 unspecified atom stereocenters. The molecule has 0 aromatic carbocycles. The minimum atomic E-state index is 0.526. The van der Waals surface area contributed by atoms with Crippen molar-refractivity contribution < 1.29 is 0 Å². The summed E-state index contributed by atoms with van der Waals surface area (Å²) in [5, 5.41) is 0. The van der Waals surface area contributed by atoms with Crippen molar-refractivity contribution in [3.8, 4) is 0 Å². The maximum Gasteiger partial charge on any atom is -0.0288 e. The molecule has 0 aromatic heterocycles. The first kappa shape index (κ1) is 85.6. The Balaban J connectivity index is 0.000000194. The van der Waals surface area contributed by atoms with Crippen molar-refractivity contribution in [3.05, 3.63) is 0 Å². The van der Waals surface area contributed by atoms with Gasteiger partial charge in [0.1, 0.15) is 0 Å². The van der Waals surface area contributed by atoms with Crippen molar-refractivity contribution in [3.63, 3.8) is 0 Å². The van der Waals surface area contributed by atoms with E-state index in [9.17, 15) is 0 Å². The van der Waals surface area contributed by atoms with Gasteiger partial charge in [0.2, 0.25) is 0 Å². The molecule has 0 spiro atoms. The van der Waals surface area contributed by atoms with Gasteiger partial charge in [0, 0.05) is 0 Å². The summed E-state index contributed by atoms with van der Waals surface area (Å²) < 4.78 is 0. The molecule has 14 rings (SSSR count). The quantitative estimate of drug-likeness (QED) is 0.249. The highest BCUT2D eigenvalue weighted by atomic mass is 14.6. The van der Waals surface area contributed by atoms with Gasteiger partial charge in [-0.15, -0.1) is 0 Å². The van der Waals surface area contributed by atoms with E-state index < -0.39 is 0 Å². The van der Waals surface area contributed by atoms with Gasteiger partial charge in [0.05, 0.1) is 0 Å². The van der Waals surface area contributed by atoms with Gasteiger partial charge in [-0.3, -0.25) is 0 Å². The van der Waals surface area contributed by atoms with E-state index in [1.807, 2.05) is 0 Å². The predicted octanol–water partition coefficient (Wildman–Crippen LogP) is 31.8. The second-order valence-electron chi connectivity index (χ2n) is 46.3. The summed E-state index contributed by atoms with van der Waals surface area (Å²) in [5.41, 5.74) is 6.95. The fourth-order valence-electron chi connectivity index (χ4n) is 27.2. The highest BCUT2D eigenvalue weighted by Crippen LogP contribution is 2.63. The van der Waals surface area contributed by atoms with Crippen molar-refractivity contribution in [2.75, 3.05) is 0 Å².